The molecule has 2 aliphatic heterocycles. The van der Waals surface area contributed by atoms with Crippen LogP contribution in [0.2, 0.25) is 0 Å². The van der Waals surface area contributed by atoms with Crippen molar-refractivity contribution in [2.24, 2.45) is 5.92 Å². The summed E-state index contributed by atoms with van der Waals surface area (Å²) in [6, 6.07) is 4.18. The molecule has 1 aromatic carbocycles. The van der Waals surface area contributed by atoms with Crippen LogP contribution < -0.4 is 15.5 Å². The van der Waals surface area contributed by atoms with Crippen LogP contribution in [0.15, 0.2) is 23.8 Å². The van der Waals surface area contributed by atoms with E-state index in [2.05, 4.69) is 35.8 Å². The number of carbonyl (C=O) groups is 2. The van der Waals surface area contributed by atoms with Crippen LogP contribution in [-0.2, 0) is 9.59 Å². The molecule has 25 heavy (non-hydrogen) atoms. The number of aryl methyl sites for hydroxylation is 3. The Morgan fingerprint density at radius 1 is 1.28 bits per heavy atom. The van der Waals surface area contributed by atoms with Crippen LogP contribution >= 0.6 is 0 Å². The monoisotopic (exact) mass is 341 g/mol. The zero-order valence-electron chi connectivity index (χ0n) is 15.3. The lowest BCUT2D eigenvalue weighted by atomic mass is 10.0. The second kappa shape index (κ2) is 7.40. The van der Waals surface area contributed by atoms with Gasteiger partial charge in [0.05, 0.1) is 5.92 Å². The number of carbonyl (C=O) groups excluding carboxylic acids is 2. The van der Waals surface area contributed by atoms with Crippen molar-refractivity contribution in [2.75, 3.05) is 31.1 Å². The second-order valence-electron chi connectivity index (χ2n) is 7.19. The largest absolute Gasteiger partial charge is 0.352 e. The van der Waals surface area contributed by atoms with Gasteiger partial charge in [-0.15, -0.1) is 0 Å². The highest BCUT2D eigenvalue weighted by Crippen LogP contribution is 2.31. The molecular formula is C20H27N3O2. The van der Waals surface area contributed by atoms with E-state index in [4.69, 9.17) is 0 Å². The minimum absolute atomic E-state index is 0.0160. The first kappa shape index (κ1) is 17.7. The Hall–Kier alpha value is -2.14. The Bertz CT molecular complexity index is 701. The maximum absolute atomic E-state index is 12.5. The molecule has 5 nitrogen and oxygen atoms in total. The number of hydrogen-bond acceptors (Lipinski definition) is 3. The Labute approximate surface area is 149 Å². The third-order valence-corrected chi connectivity index (χ3v) is 5.05. The lowest BCUT2D eigenvalue weighted by molar-refractivity contribution is -0.126. The van der Waals surface area contributed by atoms with E-state index in [0.29, 0.717) is 19.5 Å². The summed E-state index contributed by atoms with van der Waals surface area (Å²) in [4.78, 5) is 26.8. The van der Waals surface area contributed by atoms with Crippen LogP contribution in [-0.4, -0.2) is 38.0 Å². The maximum atomic E-state index is 12.5. The number of nitrogens with one attached hydrogen (secondary N) is 2. The summed E-state index contributed by atoms with van der Waals surface area (Å²) in [5, 5.41) is 6.27. The highest BCUT2D eigenvalue weighted by Gasteiger charge is 2.36. The van der Waals surface area contributed by atoms with Crippen LogP contribution in [0.3, 0.4) is 0 Å². The average Bonchev–Trinajstić information content (AvgIpc) is 2.94. The summed E-state index contributed by atoms with van der Waals surface area (Å²) < 4.78 is 0. The topological polar surface area (TPSA) is 61.4 Å². The van der Waals surface area contributed by atoms with E-state index in [1.54, 1.807) is 4.90 Å². The van der Waals surface area contributed by atoms with Crippen LogP contribution in [0.25, 0.3) is 0 Å². The number of rotatable bonds is 4. The number of nitrogens with zero attached hydrogens (tertiary/aromatic N) is 1. The van der Waals surface area contributed by atoms with Gasteiger partial charge < -0.3 is 15.5 Å². The van der Waals surface area contributed by atoms with Crippen LogP contribution in [0.1, 0.15) is 29.5 Å². The molecule has 1 aromatic rings. The number of hydrogen-bond donors (Lipinski definition) is 2. The lowest BCUT2D eigenvalue weighted by Crippen LogP contribution is -2.35. The fourth-order valence-corrected chi connectivity index (χ4v) is 3.87. The summed E-state index contributed by atoms with van der Waals surface area (Å²) in [7, 11) is 0. The van der Waals surface area contributed by atoms with E-state index in [1.807, 2.05) is 13.8 Å². The highest BCUT2D eigenvalue weighted by molar-refractivity contribution is 6.01. The third kappa shape index (κ3) is 3.93. The van der Waals surface area contributed by atoms with Gasteiger partial charge in [0.25, 0.3) is 0 Å². The van der Waals surface area contributed by atoms with Gasteiger partial charge in [-0.1, -0.05) is 29.3 Å². The number of amides is 2. The van der Waals surface area contributed by atoms with Crippen molar-refractivity contribution >= 4 is 17.5 Å². The molecule has 134 valence electrons. The zero-order chi connectivity index (χ0) is 18.0. The molecule has 2 aliphatic rings. The van der Waals surface area contributed by atoms with Crippen molar-refractivity contribution in [3.05, 3.63) is 40.5 Å². The number of anilines is 1. The van der Waals surface area contributed by atoms with Gasteiger partial charge in [-0.3, -0.25) is 9.59 Å². The molecule has 2 heterocycles. The summed E-state index contributed by atoms with van der Waals surface area (Å²) in [6.07, 6.45) is 3.39. The Balaban J connectivity index is 1.66. The first-order valence-electron chi connectivity index (χ1n) is 9.00. The zero-order valence-corrected chi connectivity index (χ0v) is 15.3. The third-order valence-electron chi connectivity index (χ3n) is 5.05. The molecule has 0 spiro atoms. The van der Waals surface area contributed by atoms with Crippen molar-refractivity contribution in [3.8, 4) is 0 Å². The Morgan fingerprint density at radius 2 is 2.00 bits per heavy atom. The molecule has 2 N–H and O–H groups in total. The van der Waals surface area contributed by atoms with Crippen LogP contribution in [0.4, 0.5) is 5.69 Å². The van der Waals surface area contributed by atoms with E-state index < -0.39 is 0 Å². The summed E-state index contributed by atoms with van der Waals surface area (Å²) in [5.41, 5.74) is 5.60. The van der Waals surface area contributed by atoms with Gasteiger partial charge in [-0.05, 0) is 44.9 Å². The first-order valence-corrected chi connectivity index (χ1v) is 9.00. The molecule has 5 heteroatoms. The van der Waals surface area contributed by atoms with Crippen molar-refractivity contribution in [1.29, 1.82) is 0 Å². The fourth-order valence-electron chi connectivity index (χ4n) is 3.87. The van der Waals surface area contributed by atoms with Gasteiger partial charge in [0.1, 0.15) is 0 Å². The van der Waals surface area contributed by atoms with Crippen molar-refractivity contribution in [1.82, 2.24) is 10.6 Å². The van der Waals surface area contributed by atoms with Crippen LogP contribution in [0, 0.1) is 26.7 Å². The molecule has 0 aromatic heterocycles. The average molecular weight is 341 g/mol. The Morgan fingerprint density at radius 3 is 2.64 bits per heavy atom. The molecule has 0 bridgehead atoms. The van der Waals surface area contributed by atoms with Crippen molar-refractivity contribution in [2.45, 2.75) is 33.6 Å². The molecule has 0 radical (unpaired) electrons. The molecule has 1 atom stereocenters. The maximum Gasteiger partial charge on any atom is 0.227 e. The summed E-state index contributed by atoms with van der Waals surface area (Å²) in [5.74, 6) is -0.246. The van der Waals surface area contributed by atoms with Gasteiger partial charge in [0.15, 0.2) is 0 Å². The predicted octanol–water partition coefficient (Wildman–Crippen LogP) is 2.00. The standard InChI is InChI=1S/C20H27N3O2/c1-13-8-14(2)19(15(3)9-13)23-12-17(10-18(23)24)20(25)22-11-16-4-6-21-7-5-16/h4,8-9,17,21H,5-7,10-12H2,1-3H3,(H,22,25). The molecule has 1 saturated heterocycles. The van der Waals surface area contributed by atoms with E-state index in [9.17, 15) is 9.59 Å². The van der Waals surface area contributed by atoms with E-state index >= 15 is 0 Å². The Kier molecular flexibility index (Phi) is 5.23. The lowest BCUT2D eigenvalue weighted by Gasteiger charge is -2.22. The molecule has 3 rings (SSSR count). The quantitative estimate of drug-likeness (QED) is 0.824. The molecule has 1 unspecified atom stereocenters. The van der Waals surface area contributed by atoms with Crippen molar-refractivity contribution < 1.29 is 9.59 Å². The second-order valence-corrected chi connectivity index (χ2v) is 7.19. The smallest absolute Gasteiger partial charge is 0.227 e. The molecule has 0 aliphatic carbocycles. The van der Waals surface area contributed by atoms with Gasteiger partial charge in [-0.2, -0.15) is 0 Å². The van der Waals surface area contributed by atoms with Gasteiger partial charge in [-0.25, -0.2) is 0 Å². The molecule has 1 fully saturated rings. The SMILES string of the molecule is Cc1cc(C)c(N2CC(C(=O)NCC3=CCNCC3)CC2=O)c(C)c1. The normalized spacial score (nSPS) is 20.6. The van der Waals surface area contributed by atoms with E-state index in [0.717, 1.165) is 36.3 Å². The number of benzene rings is 1. The van der Waals surface area contributed by atoms with E-state index in [-0.39, 0.29) is 17.7 Å². The van der Waals surface area contributed by atoms with Gasteiger partial charge in [0.2, 0.25) is 11.8 Å². The minimum Gasteiger partial charge on any atom is -0.352 e. The van der Waals surface area contributed by atoms with Crippen LogP contribution in [0.5, 0.6) is 0 Å². The molecule has 2 amide bonds. The van der Waals surface area contributed by atoms with Gasteiger partial charge in [0, 0.05) is 31.7 Å². The summed E-state index contributed by atoms with van der Waals surface area (Å²) >= 11 is 0. The summed E-state index contributed by atoms with van der Waals surface area (Å²) in [6.45, 7) is 9.00. The highest BCUT2D eigenvalue weighted by atomic mass is 16.2. The van der Waals surface area contributed by atoms with Gasteiger partial charge >= 0.3 is 0 Å². The molecular weight excluding hydrogens is 314 g/mol. The fraction of sp³-hybridized carbons (Fsp3) is 0.500. The van der Waals surface area contributed by atoms with Crippen molar-refractivity contribution in [3.63, 3.8) is 0 Å². The minimum atomic E-state index is -0.269. The predicted molar refractivity (Wildman–Crippen MR) is 99.7 cm³/mol. The molecule has 0 saturated carbocycles. The first-order chi connectivity index (χ1) is 12.0. The van der Waals surface area contributed by atoms with E-state index in [1.165, 1.54) is 11.1 Å².